The summed E-state index contributed by atoms with van der Waals surface area (Å²) in [7, 11) is 0. The van der Waals surface area contributed by atoms with Crippen LogP contribution in [0.15, 0.2) is 54.6 Å². The highest BCUT2D eigenvalue weighted by Gasteiger charge is 2.36. The maximum atomic E-state index is 13.5. The molecule has 0 bridgehead atoms. The number of para-hydroxylation sites is 1. The van der Waals surface area contributed by atoms with Crippen LogP contribution in [0.2, 0.25) is 5.02 Å². The molecule has 3 aromatic carbocycles. The summed E-state index contributed by atoms with van der Waals surface area (Å²) < 4.78 is 0. The Morgan fingerprint density at radius 1 is 0.943 bits per heavy atom. The lowest BCUT2D eigenvalue weighted by atomic mass is 9.79. The van der Waals surface area contributed by atoms with Gasteiger partial charge >= 0.3 is 12.0 Å². The number of nitrogens with one attached hydrogen (secondary N) is 3. The number of halogens is 1. The monoisotopic (exact) mass is 493 g/mol. The van der Waals surface area contributed by atoms with E-state index in [1.165, 1.54) is 0 Å². The molecule has 1 aliphatic rings. The van der Waals surface area contributed by atoms with Crippen molar-refractivity contribution in [2.24, 2.45) is 0 Å². The zero-order chi connectivity index (χ0) is 25.0. The highest BCUT2D eigenvalue weighted by atomic mass is 35.5. The SMILES string of the molecule is Cc1cccc(Cl)c1NC(=O)Nc1cc2ccccc2cc1C(=O)NC1(CC(=O)O)CCCCC1. The van der Waals surface area contributed by atoms with Crippen molar-refractivity contribution in [2.45, 2.75) is 51.0 Å². The van der Waals surface area contributed by atoms with Crippen molar-refractivity contribution in [3.8, 4) is 0 Å². The van der Waals surface area contributed by atoms with Crippen molar-refractivity contribution in [3.05, 3.63) is 70.7 Å². The Labute approximate surface area is 208 Å². The Hall–Kier alpha value is -3.58. The van der Waals surface area contributed by atoms with Crippen molar-refractivity contribution >= 4 is 51.7 Å². The second-order valence-corrected chi connectivity index (χ2v) is 9.53. The molecule has 0 aliphatic heterocycles. The molecule has 35 heavy (non-hydrogen) atoms. The van der Waals surface area contributed by atoms with E-state index >= 15 is 0 Å². The second-order valence-electron chi connectivity index (χ2n) is 9.12. The molecule has 3 amide bonds. The van der Waals surface area contributed by atoms with Gasteiger partial charge in [-0.2, -0.15) is 0 Å². The predicted octanol–water partition coefficient (Wildman–Crippen LogP) is 6.35. The highest BCUT2D eigenvalue weighted by Crippen LogP contribution is 2.33. The third-order valence-corrected chi connectivity index (χ3v) is 6.83. The van der Waals surface area contributed by atoms with Crippen LogP contribution in [0.5, 0.6) is 0 Å². The van der Waals surface area contributed by atoms with Gasteiger partial charge in [-0.25, -0.2) is 4.79 Å². The van der Waals surface area contributed by atoms with Crippen LogP contribution in [-0.2, 0) is 4.79 Å². The number of carboxylic acids is 1. The van der Waals surface area contributed by atoms with Gasteiger partial charge in [0.2, 0.25) is 0 Å². The lowest BCUT2D eigenvalue weighted by molar-refractivity contribution is -0.139. The molecule has 0 atom stereocenters. The highest BCUT2D eigenvalue weighted by molar-refractivity contribution is 6.34. The molecule has 0 heterocycles. The molecular formula is C27H28ClN3O4. The number of fused-ring (bicyclic) bond motifs is 1. The fraction of sp³-hybridized carbons (Fsp3) is 0.296. The summed E-state index contributed by atoms with van der Waals surface area (Å²) in [4.78, 5) is 38.0. The van der Waals surface area contributed by atoms with Gasteiger partial charge in [0.25, 0.3) is 5.91 Å². The van der Waals surface area contributed by atoms with Crippen molar-refractivity contribution in [1.29, 1.82) is 0 Å². The first-order valence-electron chi connectivity index (χ1n) is 11.7. The number of rotatable bonds is 6. The number of aryl methyl sites for hydroxylation is 1. The van der Waals surface area contributed by atoms with E-state index in [1.54, 1.807) is 24.3 Å². The summed E-state index contributed by atoms with van der Waals surface area (Å²) in [5.41, 5.74) is 1.08. The summed E-state index contributed by atoms with van der Waals surface area (Å²) in [5, 5.41) is 20.2. The number of urea groups is 1. The van der Waals surface area contributed by atoms with E-state index in [9.17, 15) is 19.5 Å². The molecule has 0 unspecified atom stereocenters. The van der Waals surface area contributed by atoms with Gasteiger partial charge < -0.3 is 21.1 Å². The molecular weight excluding hydrogens is 466 g/mol. The first-order chi connectivity index (χ1) is 16.8. The first-order valence-corrected chi connectivity index (χ1v) is 12.0. The Morgan fingerprint density at radius 3 is 2.29 bits per heavy atom. The molecule has 182 valence electrons. The van der Waals surface area contributed by atoms with Crippen LogP contribution in [0.25, 0.3) is 10.8 Å². The number of aliphatic carboxylic acids is 1. The summed E-state index contributed by atoms with van der Waals surface area (Å²) >= 11 is 6.25. The van der Waals surface area contributed by atoms with E-state index in [-0.39, 0.29) is 12.0 Å². The van der Waals surface area contributed by atoms with E-state index < -0.39 is 23.4 Å². The van der Waals surface area contributed by atoms with Crippen LogP contribution < -0.4 is 16.0 Å². The lowest BCUT2D eigenvalue weighted by Gasteiger charge is -2.37. The van der Waals surface area contributed by atoms with E-state index in [0.717, 1.165) is 35.6 Å². The normalized spacial score (nSPS) is 14.8. The number of hydrogen-bond donors (Lipinski definition) is 4. The first kappa shape index (κ1) is 24.5. The number of amides is 3. The topological polar surface area (TPSA) is 108 Å². The second kappa shape index (κ2) is 10.4. The predicted molar refractivity (Wildman–Crippen MR) is 138 cm³/mol. The molecule has 0 aromatic heterocycles. The molecule has 0 spiro atoms. The van der Waals surface area contributed by atoms with E-state index in [1.807, 2.05) is 37.3 Å². The van der Waals surface area contributed by atoms with Gasteiger partial charge in [-0.15, -0.1) is 0 Å². The minimum absolute atomic E-state index is 0.138. The number of carbonyl (C=O) groups excluding carboxylic acids is 2. The average Bonchev–Trinajstić information content (AvgIpc) is 2.81. The molecule has 4 rings (SSSR count). The van der Waals surface area contributed by atoms with Crippen LogP contribution in [0.1, 0.15) is 54.4 Å². The average molecular weight is 494 g/mol. The van der Waals surface area contributed by atoms with Crippen molar-refractivity contribution < 1.29 is 19.5 Å². The van der Waals surface area contributed by atoms with E-state index in [2.05, 4.69) is 16.0 Å². The number of carbonyl (C=O) groups is 3. The molecule has 4 N–H and O–H groups in total. The molecule has 8 heteroatoms. The van der Waals surface area contributed by atoms with Crippen LogP contribution in [0.4, 0.5) is 16.2 Å². The fourth-order valence-corrected chi connectivity index (χ4v) is 5.03. The maximum Gasteiger partial charge on any atom is 0.323 e. The number of carboxylic acid groups (broad SMARTS) is 1. The molecule has 0 radical (unpaired) electrons. The number of anilines is 2. The summed E-state index contributed by atoms with van der Waals surface area (Å²) in [5.74, 6) is -1.36. The zero-order valence-corrected chi connectivity index (χ0v) is 20.2. The van der Waals surface area contributed by atoms with Gasteiger partial charge in [-0.3, -0.25) is 9.59 Å². The molecule has 1 fully saturated rings. The van der Waals surface area contributed by atoms with Gasteiger partial charge in [0.05, 0.1) is 33.9 Å². The van der Waals surface area contributed by atoms with Crippen LogP contribution in [0.3, 0.4) is 0 Å². The zero-order valence-electron chi connectivity index (χ0n) is 19.5. The number of benzene rings is 3. The molecule has 0 saturated heterocycles. The molecule has 1 saturated carbocycles. The van der Waals surface area contributed by atoms with E-state index in [0.29, 0.717) is 29.2 Å². The van der Waals surface area contributed by atoms with E-state index in [4.69, 9.17) is 11.6 Å². The van der Waals surface area contributed by atoms with Crippen molar-refractivity contribution in [1.82, 2.24) is 5.32 Å². The maximum absolute atomic E-state index is 13.5. The van der Waals surface area contributed by atoms with Crippen LogP contribution >= 0.6 is 11.6 Å². The quantitative estimate of drug-likeness (QED) is 0.320. The van der Waals surface area contributed by atoms with Gasteiger partial charge in [-0.05, 0) is 54.3 Å². The van der Waals surface area contributed by atoms with Gasteiger partial charge in [0.1, 0.15) is 0 Å². The summed E-state index contributed by atoms with van der Waals surface area (Å²) in [6.07, 6.45) is 3.80. The van der Waals surface area contributed by atoms with Gasteiger partial charge in [-0.1, -0.05) is 67.3 Å². The third-order valence-electron chi connectivity index (χ3n) is 6.52. The number of hydrogen-bond acceptors (Lipinski definition) is 3. The Balaban J connectivity index is 1.65. The standard InChI is InChI=1S/C27H28ClN3O4/c1-17-8-7-11-21(28)24(17)30-26(35)29-22-15-19-10-4-3-9-18(19)14-20(22)25(34)31-27(16-23(32)33)12-5-2-6-13-27/h3-4,7-11,14-15H,2,5-6,12-13,16H2,1H3,(H,31,34)(H,32,33)(H2,29,30,35). The molecule has 3 aromatic rings. The lowest BCUT2D eigenvalue weighted by Crippen LogP contribution is -2.51. The minimum Gasteiger partial charge on any atom is -0.481 e. The fourth-order valence-electron chi connectivity index (χ4n) is 4.76. The van der Waals surface area contributed by atoms with Crippen LogP contribution in [-0.4, -0.2) is 28.6 Å². The van der Waals surface area contributed by atoms with Gasteiger partial charge in [0.15, 0.2) is 0 Å². The Morgan fingerprint density at radius 2 is 1.63 bits per heavy atom. The largest absolute Gasteiger partial charge is 0.481 e. The van der Waals surface area contributed by atoms with Gasteiger partial charge in [0, 0.05) is 0 Å². The Kier molecular flexibility index (Phi) is 7.26. The summed E-state index contributed by atoms with van der Waals surface area (Å²) in [6, 6.07) is 15.8. The summed E-state index contributed by atoms with van der Waals surface area (Å²) in [6.45, 7) is 1.84. The minimum atomic E-state index is -0.946. The van der Waals surface area contributed by atoms with Crippen molar-refractivity contribution in [3.63, 3.8) is 0 Å². The molecule has 1 aliphatic carbocycles. The van der Waals surface area contributed by atoms with Crippen molar-refractivity contribution in [2.75, 3.05) is 10.6 Å². The Bertz CT molecular complexity index is 1260. The third kappa shape index (κ3) is 5.74. The van der Waals surface area contributed by atoms with Crippen LogP contribution in [0, 0.1) is 6.92 Å². The smallest absolute Gasteiger partial charge is 0.323 e. The molecule has 7 nitrogen and oxygen atoms in total.